The van der Waals surface area contributed by atoms with Crippen LogP contribution in [0, 0.1) is 20.2 Å². The first-order valence-corrected chi connectivity index (χ1v) is 23.4. The molecule has 1 saturated heterocycles. The van der Waals surface area contributed by atoms with Gasteiger partial charge >= 0.3 is 0 Å². The van der Waals surface area contributed by atoms with Gasteiger partial charge in [-0.2, -0.15) is 0 Å². The van der Waals surface area contributed by atoms with Crippen LogP contribution in [0.25, 0.3) is 0 Å². The molecule has 0 bridgehead atoms. The van der Waals surface area contributed by atoms with Gasteiger partial charge in [-0.05, 0) is 24.6 Å². The van der Waals surface area contributed by atoms with Crippen LogP contribution in [0.4, 0.5) is 22.7 Å². The largest absolute Gasteiger partial charge is 0.382 e. The summed E-state index contributed by atoms with van der Waals surface area (Å²) in [5.41, 5.74) is 0.315. The Hall–Kier alpha value is -5.36. The van der Waals surface area contributed by atoms with Crippen molar-refractivity contribution >= 4 is 46.4 Å². The second-order valence-electron chi connectivity index (χ2n) is 15.1. The van der Waals surface area contributed by atoms with Gasteiger partial charge in [0.15, 0.2) is 0 Å². The Kier molecular flexibility index (Phi) is 29.3. The molecule has 26 heteroatoms. The fourth-order valence-electron chi connectivity index (χ4n) is 6.63. The molecule has 0 radical (unpaired) electrons. The molecule has 4 rings (SSSR count). The van der Waals surface area contributed by atoms with Crippen molar-refractivity contribution in [2.45, 2.75) is 18.9 Å². The maximum absolute atomic E-state index is 13.2. The molecule has 1 atom stereocenters. The molecule has 396 valence electrons. The Morgan fingerprint density at radius 1 is 0.507 bits per heavy atom. The van der Waals surface area contributed by atoms with E-state index in [2.05, 4.69) is 16.0 Å². The van der Waals surface area contributed by atoms with Gasteiger partial charge in [-0.3, -0.25) is 49.6 Å². The number of benzene rings is 2. The predicted molar refractivity (Wildman–Crippen MR) is 250 cm³/mol. The van der Waals surface area contributed by atoms with Crippen molar-refractivity contribution in [3.8, 4) is 0 Å². The number of nitrogens with one attached hydrogen (secondary N) is 3. The average Bonchev–Trinajstić information content (AvgIpc) is 3.61. The van der Waals surface area contributed by atoms with E-state index < -0.39 is 39.5 Å². The number of rotatable bonds is 44. The standard InChI is InChI=1S/C45H66N6O20/c52-41-7-6-39(43(53)48-41)49-44(54)36-2-1-3-38(42(36)45(49)55)47-9-11-61-13-15-63-17-19-65-21-23-67-25-27-69-29-31-71-33-32-70-30-28-68-26-24-66-22-20-64-18-16-62-14-12-60-10-8-46-37-5-4-35(50(56)57)34-40(37)51(58)59/h1-5,34,39,46-47H,6-33H2,(H,48,52,53). The van der Waals surface area contributed by atoms with Crippen LogP contribution in [-0.4, -0.2) is 216 Å². The number of carbonyl (C=O) groups is 4. The van der Waals surface area contributed by atoms with Gasteiger partial charge < -0.3 is 67.5 Å². The molecule has 1 unspecified atom stereocenters. The summed E-state index contributed by atoms with van der Waals surface area (Å²) in [6.45, 7) is 10.3. The summed E-state index contributed by atoms with van der Waals surface area (Å²) in [6.07, 6.45) is 0.148. The van der Waals surface area contributed by atoms with Crippen molar-refractivity contribution in [3.05, 3.63) is 67.8 Å². The molecule has 0 saturated carbocycles. The zero-order valence-electron chi connectivity index (χ0n) is 39.8. The van der Waals surface area contributed by atoms with Crippen LogP contribution in [0.1, 0.15) is 33.6 Å². The van der Waals surface area contributed by atoms with Gasteiger partial charge in [0.2, 0.25) is 11.8 Å². The van der Waals surface area contributed by atoms with E-state index in [0.29, 0.717) is 164 Å². The molecule has 0 aromatic heterocycles. The lowest BCUT2D eigenvalue weighted by Gasteiger charge is -2.27. The molecule has 2 aliphatic heterocycles. The maximum atomic E-state index is 13.2. The van der Waals surface area contributed by atoms with Gasteiger partial charge in [-0.15, -0.1) is 0 Å². The minimum absolute atomic E-state index is 0.0552. The van der Waals surface area contributed by atoms with Gasteiger partial charge in [-0.1, -0.05) is 6.07 Å². The smallest absolute Gasteiger partial charge is 0.299 e. The normalized spacial score (nSPS) is 14.5. The highest BCUT2D eigenvalue weighted by atomic mass is 16.6. The molecule has 3 N–H and O–H groups in total. The number of amides is 4. The van der Waals surface area contributed by atoms with Crippen molar-refractivity contribution in [2.24, 2.45) is 0 Å². The van der Waals surface area contributed by atoms with Crippen LogP contribution in [0.3, 0.4) is 0 Å². The van der Waals surface area contributed by atoms with E-state index in [1.54, 1.807) is 18.2 Å². The summed E-state index contributed by atoms with van der Waals surface area (Å²) in [6, 6.07) is 7.27. The van der Waals surface area contributed by atoms with Crippen LogP contribution < -0.4 is 16.0 Å². The zero-order chi connectivity index (χ0) is 50.7. The molecule has 0 aliphatic carbocycles. The number of hydrogen-bond acceptors (Lipinski definition) is 22. The lowest BCUT2D eigenvalue weighted by molar-refractivity contribution is -0.393. The van der Waals surface area contributed by atoms with Crippen LogP contribution >= 0.6 is 0 Å². The third-order valence-corrected chi connectivity index (χ3v) is 10.1. The molecule has 2 aliphatic rings. The summed E-state index contributed by atoms with van der Waals surface area (Å²) in [5, 5.41) is 30.2. The summed E-state index contributed by atoms with van der Waals surface area (Å²) >= 11 is 0. The molecule has 2 aromatic rings. The number of nitro groups is 2. The molecule has 2 aromatic carbocycles. The van der Waals surface area contributed by atoms with Gasteiger partial charge in [0.05, 0.1) is 186 Å². The molecular formula is C45H66N6O20. The second-order valence-corrected chi connectivity index (χ2v) is 15.1. The van der Waals surface area contributed by atoms with E-state index in [9.17, 15) is 39.4 Å². The lowest BCUT2D eigenvalue weighted by Crippen LogP contribution is -2.54. The van der Waals surface area contributed by atoms with Gasteiger partial charge in [0, 0.05) is 31.3 Å². The third-order valence-electron chi connectivity index (χ3n) is 10.1. The van der Waals surface area contributed by atoms with Crippen molar-refractivity contribution in [3.63, 3.8) is 0 Å². The molecule has 71 heavy (non-hydrogen) atoms. The Morgan fingerprint density at radius 3 is 1.28 bits per heavy atom. The van der Waals surface area contributed by atoms with E-state index in [1.165, 1.54) is 12.1 Å². The monoisotopic (exact) mass is 1010 g/mol. The summed E-state index contributed by atoms with van der Waals surface area (Å²) in [5.74, 6) is -2.21. The van der Waals surface area contributed by atoms with E-state index in [4.69, 9.17) is 56.8 Å². The minimum atomic E-state index is -1.02. The lowest BCUT2D eigenvalue weighted by atomic mass is 10.0. The van der Waals surface area contributed by atoms with Crippen LogP contribution in [0.15, 0.2) is 36.4 Å². The molecular weight excluding hydrogens is 945 g/mol. The van der Waals surface area contributed by atoms with Crippen molar-refractivity contribution in [1.29, 1.82) is 0 Å². The van der Waals surface area contributed by atoms with E-state index >= 15 is 0 Å². The first-order chi connectivity index (χ1) is 34.7. The number of hydrogen-bond donors (Lipinski definition) is 3. The van der Waals surface area contributed by atoms with Crippen LogP contribution in [-0.2, 0) is 66.4 Å². The van der Waals surface area contributed by atoms with E-state index in [1.807, 2.05) is 0 Å². The first kappa shape index (κ1) is 58.2. The maximum Gasteiger partial charge on any atom is 0.299 e. The quantitative estimate of drug-likeness (QED) is 0.0368. The topological polar surface area (TPSA) is 305 Å². The number of non-ortho nitro benzene ring substituents is 1. The molecule has 1 fully saturated rings. The highest BCUT2D eigenvalue weighted by Gasteiger charge is 2.45. The number of nitrogens with zero attached hydrogens (tertiary/aromatic N) is 3. The van der Waals surface area contributed by atoms with Crippen molar-refractivity contribution < 1.29 is 85.9 Å². The van der Waals surface area contributed by atoms with Gasteiger partial charge in [0.1, 0.15) is 11.7 Å². The number of carbonyl (C=O) groups excluding carboxylic acids is 4. The number of fused-ring (bicyclic) bond motifs is 1. The summed E-state index contributed by atoms with van der Waals surface area (Å²) in [7, 11) is 0. The van der Waals surface area contributed by atoms with Crippen molar-refractivity contribution in [1.82, 2.24) is 10.2 Å². The molecule has 0 spiro atoms. The fourth-order valence-corrected chi connectivity index (χ4v) is 6.63. The van der Waals surface area contributed by atoms with Gasteiger partial charge in [0.25, 0.3) is 23.2 Å². The fraction of sp³-hybridized carbons (Fsp3) is 0.644. The minimum Gasteiger partial charge on any atom is -0.382 e. The number of nitro benzene ring substituents is 2. The van der Waals surface area contributed by atoms with E-state index in [0.717, 1.165) is 11.0 Å². The third kappa shape index (κ3) is 22.7. The number of anilines is 2. The first-order valence-electron chi connectivity index (χ1n) is 23.4. The molecule has 2 heterocycles. The Labute approximate surface area is 410 Å². The number of ether oxygens (including phenoxy) is 12. The Morgan fingerprint density at radius 2 is 0.901 bits per heavy atom. The highest BCUT2D eigenvalue weighted by molar-refractivity contribution is 6.25. The number of imide groups is 2. The SMILES string of the molecule is O=C1CCC(N2C(=O)c3cccc(NCCOCCOCCOCCOCCOCCOCCOCCOCCOCCOCCOCCOCCNc4ccc([N+](=O)[O-])cc4[N+](=O)[O-])c3C2=O)C(=O)N1. The van der Waals surface area contributed by atoms with Gasteiger partial charge in [-0.25, -0.2) is 0 Å². The zero-order valence-corrected chi connectivity index (χ0v) is 39.8. The van der Waals surface area contributed by atoms with Crippen LogP contribution in [0.2, 0.25) is 0 Å². The molecule has 4 amide bonds. The highest BCUT2D eigenvalue weighted by Crippen LogP contribution is 2.32. The van der Waals surface area contributed by atoms with Crippen molar-refractivity contribution in [2.75, 3.05) is 182 Å². The summed E-state index contributed by atoms with van der Waals surface area (Å²) in [4.78, 5) is 71.6. The average molecular weight is 1010 g/mol. The second kappa shape index (κ2) is 35.7. The van der Waals surface area contributed by atoms with E-state index in [-0.39, 0.29) is 54.2 Å². The summed E-state index contributed by atoms with van der Waals surface area (Å²) < 4.78 is 65.9. The Balaban J connectivity index is 0.789. The Bertz CT molecular complexity index is 1930. The predicted octanol–water partition coefficient (Wildman–Crippen LogP) is 1.63. The number of piperidine rings is 1. The van der Waals surface area contributed by atoms with Crippen LogP contribution in [0.5, 0.6) is 0 Å². The molecule has 26 nitrogen and oxygen atoms in total.